The first-order valence-electron chi connectivity index (χ1n) is 9.41. The molecule has 9 heteroatoms. The molecule has 0 unspecified atom stereocenters. The lowest BCUT2D eigenvalue weighted by molar-refractivity contribution is 0.0157. The SMILES string of the molecule is CCOC(=O)c1c(C)nc(SC)nc1N1CCN(C(=O)OC(C)(C)C)[C@@H](C)C1. The highest BCUT2D eigenvalue weighted by Crippen LogP contribution is 2.27. The van der Waals surface area contributed by atoms with Crippen LogP contribution in [0.1, 0.15) is 50.7 Å². The molecular weight excluding hydrogens is 380 g/mol. The molecule has 0 radical (unpaired) electrons. The van der Waals surface area contributed by atoms with Gasteiger partial charge < -0.3 is 19.3 Å². The summed E-state index contributed by atoms with van der Waals surface area (Å²) in [7, 11) is 0. The fraction of sp³-hybridized carbons (Fsp3) is 0.684. The molecular formula is C19H30N4O4S. The average Bonchev–Trinajstić information content (AvgIpc) is 2.59. The molecule has 8 nitrogen and oxygen atoms in total. The average molecular weight is 411 g/mol. The van der Waals surface area contributed by atoms with Crippen molar-refractivity contribution in [2.45, 2.75) is 58.3 Å². The number of anilines is 1. The van der Waals surface area contributed by atoms with Gasteiger partial charge in [-0.1, -0.05) is 11.8 Å². The van der Waals surface area contributed by atoms with Gasteiger partial charge in [-0.3, -0.25) is 0 Å². The minimum absolute atomic E-state index is 0.0911. The van der Waals surface area contributed by atoms with E-state index in [1.807, 2.05) is 38.9 Å². The van der Waals surface area contributed by atoms with Gasteiger partial charge >= 0.3 is 12.1 Å². The van der Waals surface area contributed by atoms with E-state index in [0.29, 0.717) is 41.9 Å². The van der Waals surface area contributed by atoms with Crippen molar-refractivity contribution in [1.29, 1.82) is 0 Å². The number of hydrogen-bond acceptors (Lipinski definition) is 8. The van der Waals surface area contributed by atoms with Crippen LogP contribution >= 0.6 is 11.8 Å². The van der Waals surface area contributed by atoms with Crippen LogP contribution < -0.4 is 4.90 Å². The Morgan fingerprint density at radius 1 is 1.25 bits per heavy atom. The van der Waals surface area contributed by atoms with Gasteiger partial charge in [0.2, 0.25) is 0 Å². The number of aromatic nitrogens is 2. The number of piperazine rings is 1. The van der Waals surface area contributed by atoms with Gasteiger partial charge in [0.05, 0.1) is 12.3 Å². The molecule has 0 spiro atoms. The quantitative estimate of drug-likeness (QED) is 0.425. The standard InChI is InChI=1S/C19H30N4O4S/c1-8-26-16(24)14-13(3)20-17(28-7)21-15(14)22-9-10-23(12(2)11-22)18(25)27-19(4,5)6/h12H,8-11H2,1-7H3/t12-/m0/s1. The Kier molecular flexibility index (Phi) is 7.14. The summed E-state index contributed by atoms with van der Waals surface area (Å²) in [6, 6.07) is -0.0911. The predicted molar refractivity (Wildman–Crippen MR) is 109 cm³/mol. The highest BCUT2D eigenvalue weighted by molar-refractivity contribution is 7.98. The normalized spacial score (nSPS) is 17.5. The molecule has 1 aromatic rings. The van der Waals surface area contributed by atoms with Gasteiger partial charge in [0.1, 0.15) is 17.0 Å². The van der Waals surface area contributed by atoms with Gasteiger partial charge in [-0.2, -0.15) is 0 Å². The molecule has 1 aromatic heterocycles. The Morgan fingerprint density at radius 2 is 1.93 bits per heavy atom. The number of thioether (sulfide) groups is 1. The maximum atomic E-state index is 12.5. The van der Waals surface area contributed by atoms with Crippen molar-refractivity contribution in [3.63, 3.8) is 0 Å². The minimum Gasteiger partial charge on any atom is -0.462 e. The van der Waals surface area contributed by atoms with Gasteiger partial charge in [0.15, 0.2) is 5.16 Å². The van der Waals surface area contributed by atoms with E-state index in [1.54, 1.807) is 18.7 Å². The molecule has 0 aliphatic carbocycles. The van der Waals surface area contributed by atoms with Crippen LogP contribution in [-0.2, 0) is 9.47 Å². The molecule has 1 fully saturated rings. The number of carbonyl (C=O) groups excluding carboxylic acids is 2. The van der Waals surface area contributed by atoms with E-state index in [0.717, 1.165) is 0 Å². The second-order valence-corrected chi connectivity index (χ2v) is 8.46. The molecule has 2 rings (SSSR count). The summed E-state index contributed by atoms with van der Waals surface area (Å²) in [5, 5.41) is 0.600. The number of hydrogen-bond donors (Lipinski definition) is 0. The summed E-state index contributed by atoms with van der Waals surface area (Å²) in [6.07, 6.45) is 1.57. The van der Waals surface area contributed by atoms with Crippen LogP contribution in [-0.4, -0.2) is 71.1 Å². The van der Waals surface area contributed by atoms with Crippen LogP contribution in [0.2, 0.25) is 0 Å². The van der Waals surface area contributed by atoms with E-state index < -0.39 is 11.6 Å². The van der Waals surface area contributed by atoms with Crippen molar-refractivity contribution in [3.05, 3.63) is 11.3 Å². The second kappa shape index (κ2) is 8.98. The van der Waals surface area contributed by atoms with Crippen LogP contribution in [0.4, 0.5) is 10.6 Å². The number of carbonyl (C=O) groups is 2. The van der Waals surface area contributed by atoms with Crippen molar-refractivity contribution in [2.24, 2.45) is 0 Å². The molecule has 0 saturated carbocycles. The Balaban J connectivity index is 2.28. The Morgan fingerprint density at radius 3 is 2.46 bits per heavy atom. The van der Waals surface area contributed by atoms with Crippen LogP contribution in [0, 0.1) is 6.92 Å². The van der Waals surface area contributed by atoms with Gasteiger partial charge in [-0.25, -0.2) is 19.6 Å². The highest BCUT2D eigenvalue weighted by atomic mass is 32.2. The van der Waals surface area contributed by atoms with Gasteiger partial charge in [0.25, 0.3) is 0 Å². The Labute approximate surface area is 171 Å². The molecule has 0 aromatic carbocycles. The molecule has 1 saturated heterocycles. The van der Waals surface area contributed by atoms with E-state index in [-0.39, 0.29) is 18.7 Å². The summed E-state index contributed by atoms with van der Waals surface area (Å²) in [6.45, 7) is 12.9. The zero-order chi connectivity index (χ0) is 21.1. The van der Waals surface area contributed by atoms with E-state index >= 15 is 0 Å². The minimum atomic E-state index is -0.540. The first-order valence-corrected chi connectivity index (χ1v) is 10.6. The Hall–Kier alpha value is -2.03. The molecule has 1 aliphatic heterocycles. The molecule has 1 atom stereocenters. The van der Waals surface area contributed by atoms with E-state index in [9.17, 15) is 9.59 Å². The maximum absolute atomic E-state index is 12.5. The lowest BCUT2D eigenvalue weighted by Gasteiger charge is -2.41. The Bertz CT molecular complexity index is 735. The fourth-order valence-corrected chi connectivity index (χ4v) is 3.44. The van der Waals surface area contributed by atoms with Gasteiger partial charge in [-0.15, -0.1) is 0 Å². The van der Waals surface area contributed by atoms with Crippen molar-refractivity contribution in [2.75, 3.05) is 37.4 Å². The number of nitrogens with zero attached hydrogens (tertiary/aromatic N) is 4. The largest absolute Gasteiger partial charge is 0.462 e. The van der Waals surface area contributed by atoms with Crippen molar-refractivity contribution >= 4 is 29.6 Å². The zero-order valence-corrected chi connectivity index (χ0v) is 18.6. The monoisotopic (exact) mass is 410 g/mol. The first kappa shape index (κ1) is 22.3. The molecule has 0 bridgehead atoms. The van der Waals surface area contributed by atoms with Crippen molar-refractivity contribution in [1.82, 2.24) is 14.9 Å². The van der Waals surface area contributed by atoms with E-state index in [2.05, 4.69) is 9.97 Å². The summed E-state index contributed by atoms with van der Waals surface area (Å²) >= 11 is 1.42. The third kappa shape index (κ3) is 5.27. The second-order valence-electron chi connectivity index (χ2n) is 7.68. The summed E-state index contributed by atoms with van der Waals surface area (Å²) in [5.74, 6) is 0.135. The van der Waals surface area contributed by atoms with E-state index in [4.69, 9.17) is 9.47 Å². The topological polar surface area (TPSA) is 84.9 Å². The smallest absolute Gasteiger partial charge is 0.410 e. The molecule has 1 amide bonds. The summed E-state index contributed by atoms with van der Waals surface area (Å²) < 4.78 is 10.7. The van der Waals surface area contributed by atoms with Crippen LogP contribution in [0.5, 0.6) is 0 Å². The van der Waals surface area contributed by atoms with Crippen LogP contribution in [0.15, 0.2) is 5.16 Å². The van der Waals surface area contributed by atoms with Gasteiger partial charge in [0, 0.05) is 25.7 Å². The van der Waals surface area contributed by atoms with Crippen LogP contribution in [0.25, 0.3) is 0 Å². The molecule has 1 aliphatic rings. The van der Waals surface area contributed by atoms with E-state index in [1.165, 1.54) is 11.8 Å². The lowest BCUT2D eigenvalue weighted by Crippen LogP contribution is -2.55. The predicted octanol–water partition coefficient (Wildman–Crippen LogP) is 3.13. The summed E-state index contributed by atoms with van der Waals surface area (Å²) in [4.78, 5) is 37.7. The highest BCUT2D eigenvalue weighted by Gasteiger charge is 2.33. The third-order valence-electron chi connectivity index (χ3n) is 4.27. The summed E-state index contributed by atoms with van der Waals surface area (Å²) in [5.41, 5.74) is 0.440. The number of rotatable bonds is 4. The van der Waals surface area contributed by atoms with Crippen LogP contribution in [0.3, 0.4) is 0 Å². The molecule has 28 heavy (non-hydrogen) atoms. The third-order valence-corrected chi connectivity index (χ3v) is 4.82. The number of aryl methyl sites for hydroxylation is 1. The van der Waals surface area contributed by atoms with Crippen molar-refractivity contribution in [3.8, 4) is 0 Å². The molecule has 0 N–H and O–H groups in total. The number of ether oxygens (including phenoxy) is 2. The van der Waals surface area contributed by atoms with Crippen molar-refractivity contribution < 1.29 is 19.1 Å². The van der Waals surface area contributed by atoms with Gasteiger partial charge in [-0.05, 0) is 47.8 Å². The fourth-order valence-electron chi connectivity index (χ4n) is 3.04. The zero-order valence-electron chi connectivity index (χ0n) is 17.7. The first-order chi connectivity index (χ1) is 13.1. The number of amides is 1. The maximum Gasteiger partial charge on any atom is 0.410 e. The lowest BCUT2D eigenvalue weighted by atomic mass is 10.1. The number of esters is 1. The molecule has 2 heterocycles. The molecule has 156 valence electrons.